The molecule has 0 aliphatic carbocycles. The molecule has 1 N–H and O–H groups in total. The van der Waals surface area contributed by atoms with Gasteiger partial charge < -0.3 is 14.8 Å². The molecule has 0 saturated carbocycles. The highest BCUT2D eigenvalue weighted by molar-refractivity contribution is 9.10. The smallest absolute Gasteiger partial charge is 0.167 e. The summed E-state index contributed by atoms with van der Waals surface area (Å²) in [5.41, 5.74) is 3.26. The Bertz CT molecular complexity index is 918. The summed E-state index contributed by atoms with van der Waals surface area (Å²) in [5.74, 6) is 1.43. The lowest BCUT2D eigenvalue weighted by Crippen LogP contribution is -2.19. The number of hydrogen-bond acceptors (Lipinski definition) is 3. The van der Waals surface area contributed by atoms with Gasteiger partial charge in [0.05, 0.1) is 7.11 Å². The minimum Gasteiger partial charge on any atom is -0.493 e. The lowest BCUT2D eigenvalue weighted by molar-refractivity contribution is 0.280. The van der Waals surface area contributed by atoms with Crippen LogP contribution in [0.4, 0.5) is 0 Å². The van der Waals surface area contributed by atoms with Gasteiger partial charge in [-0.05, 0) is 42.3 Å². The van der Waals surface area contributed by atoms with Crippen LogP contribution >= 0.6 is 27.5 Å². The maximum atomic E-state index is 6.17. The minimum atomic E-state index is 0.208. The number of rotatable bonds is 8. The van der Waals surface area contributed by atoms with Gasteiger partial charge in [-0.2, -0.15) is 0 Å². The fraction of sp³-hybridized carbons (Fsp3) is 0.217. The van der Waals surface area contributed by atoms with Crippen LogP contribution in [0.3, 0.4) is 0 Å². The number of nitrogens with one attached hydrogen (secondary N) is 1. The van der Waals surface area contributed by atoms with E-state index in [1.807, 2.05) is 42.5 Å². The highest BCUT2D eigenvalue weighted by Gasteiger charge is 2.16. The number of methoxy groups -OCH3 is 1. The molecular weight excluding hydrogens is 438 g/mol. The maximum Gasteiger partial charge on any atom is 0.167 e. The van der Waals surface area contributed by atoms with Crippen LogP contribution in [0.15, 0.2) is 71.2 Å². The van der Waals surface area contributed by atoms with E-state index in [1.165, 1.54) is 5.56 Å². The Balaban J connectivity index is 1.79. The first-order valence-corrected chi connectivity index (χ1v) is 10.3. The van der Waals surface area contributed by atoms with Gasteiger partial charge in [-0.1, -0.05) is 70.0 Å². The van der Waals surface area contributed by atoms with Crippen molar-refractivity contribution < 1.29 is 9.47 Å². The molecule has 146 valence electrons. The zero-order chi connectivity index (χ0) is 19.9. The molecule has 3 rings (SSSR count). The van der Waals surface area contributed by atoms with Crippen molar-refractivity contribution >= 4 is 27.5 Å². The summed E-state index contributed by atoms with van der Waals surface area (Å²) >= 11 is 9.74. The molecule has 0 heterocycles. The second-order valence-corrected chi connectivity index (χ2v) is 7.78. The zero-order valence-corrected chi connectivity index (χ0v) is 18.3. The molecule has 0 aromatic heterocycles. The lowest BCUT2D eigenvalue weighted by atomic mass is 10.1. The molecule has 3 nitrogen and oxygen atoms in total. The van der Waals surface area contributed by atoms with Crippen molar-refractivity contribution in [1.82, 2.24) is 5.32 Å². The van der Waals surface area contributed by atoms with Crippen molar-refractivity contribution in [3.8, 4) is 11.5 Å². The molecule has 0 fully saturated rings. The van der Waals surface area contributed by atoms with Gasteiger partial charge in [0.2, 0.25) is 0 Å². The summed E-state index contributed by atoms with van der Waals surface area (Å²) in [6, 6.07) is 22.1. The Labute approximate surface area is 179 Å². The fourth-order valence-electron chi connectivity index (χ4n) is 2.96. The van der Waals surface area contributed by atoms with Crippen LogP contribution in [0.25, 0.3) is 0 Å². The zero-order valence-electron chi connectivity index (χ0n) is 15.9. The van der Waals surface area contributed by atoms with Crippen molar-refractivity contribution in [2.45, 2.75) is 26.1 Å². The SMILES string of the molecule is COc1ccc(Br)c(CNC(C)c2ccccc2)c1OCc1cccc(Cl)c1. The third-order valence-corrected chi connectivity index (χ3v) is 5.52. The molecule has 0 amide bonds. The number of hydrogen-bond donors (Lipinski definition) is 1. The summed E-state index contributed by atoms with van der Waals surface area (Å²) in [5, 5.41) is 4.26. The Morgan fingerprint density at radius 1 is 1.04 bits per heavy atom. The fourth-order valence-corrected chi connectivity index (χ4v) is 3.63. The van der Waals surface area contributed by atoms with E-state index in [1.54, 1.807) is 7.11 Å². The quantitative estimate of drug-likeness (QED) is 0.414. The van der Waals surface area contributed by atoms with Gasteiger partial charge in [0.15, 0.2) is 11.5 Å². The largest absolute Gasteiger partial charge is 0.493 e. The Kier molecular flexibility index (Phi) is 7.37. The summed E-state index contributed by atoms with van der Waals surface area (Å²) in [4.78, 5) is 0. The Morgan fingerprint density at radius 3 is 2.54 bits per heavy atom. The van der Waals surface area contributed by atoms with Crippen molar-refractivity contribution in [2.24, 2.45) is 0 Å². The second kappa shape index (κ2) is 9.97. The van der Waals surface area contributed by atoms with E-state index >= 15 is 0 Å². The highest BCUT2D eigenvalue weighted by atomic mass is 79.9. The van der Waals surface area contributed by atoms with E-state index < -0.39 is 0 Å². The number of halogens is 2. The van der Waals surface area contributed by atoms with E-state index in [9.17, 15) is 0 Å². The second-order valence-electron chi connectivity index (χ2n) is 6.49. The minimum absolute atomic E-state index is 0.208. The standard InChI is InChI=1S/C23H23BrClNO2/c1-16(18-8-4-3-5-9-18)26-14-20-21(24)11-12-22(27-2)23(20)28-15-17-7-6-10-19(25)13-17/h3-13,16,26H,14-15H2,1-2H3. The molecule has 0 aliphatic heterocycles. The third-order valence-electron chi connectivity index (χ3n) is 4.54. The topological polar surface area (TPSA) is 30.5 Å². The molecule has 0 saturated heterocycles. The average Bonchev–Trinajstić information content (AvgIpc) is 2.72. The Morgan fingerprint density at radius 2 is 1.82 bits per heavy atom. The summed E-state index contributed by atoms with van der Waals surface area (Å²) in [7, 11) is 1.65. The molecule has 0 radical (unpaired) electrons. The molecular formula is C23H23BrClNO2. The van der Waals surface area contributed by atoms with Crippen molar-refractivity contribution in [3.63, 3.8) is 0 Å². The third kappa shape index (κ3) is 5.28. The number of benzene rings is 3. The first kappa shape index (κ1) is 20.7. The average molecular weight is 461 g/mol. The van der Waals surface area contributed by atoms with Crippen LogP contribution in [0, 0.1) is 0 Å². The van der Waals surface area contributed by atoms with Crippen LogP contribution in [0.5, 0.6) is 11.5 Å². The van der Waals surface area contributed by atoms with Gasteiger partial charge in [-0.15, -0.1) is 0 Å². The van der Waals surface area contributed by atoms with Gasteiger partial charge in [0.1, 0.15) is 6.61 Å². The summed E-state index contributed by atoms with van der Waals surface area (Å²) in [6.07, 6.45) is 0. The highest BCUT2D eigenvalue weighted by Crippen LogP contribution is 2.37. The molecule has 28 heavy (non-hydrogen) atoms. The monoisotopic (exact) mass is 459 g/mol. The van der Waals surface area contributed by atoms with Gasteiger partial charge in [-0.3, -0.25) is 0 Å². The summed E-state index contributed by atoms with van der Waals surface area (Å²) in [6.45, 7) is 3.20. The van der Waals surface area contributed by atoms with Gasteiger partial charge >= 0.3 is 0 Å². The first-order valence-electron chi connectivity index (χ1n) is 9.09. The lowest BCUT2D eigenvalue weighted by Gasteiger charge is -2.19. The molecule has 1 atom stereocenters. The normalized spacial score (nSPS) is 11.9. The van der Waals surface area contributed by atoms with Crippen LogP contribution < -0.4 is 14.8 Å². The summed E-state index contributed by atoms with van der Waals surface area (Å²) < 4.78 is 12.7. The predicted molar refractivity (Wildman–Crippen MR) is 118 cm³/mol. The van der Waals surface area contributed by atoms with Crippen molar-refractivity contribution in [2.75, 3.05) is 7.11 Å². The molecule has 3 aromatic carbocycles. The van der Waals surface area contributed by atoms with Crippen molar-refractivity contribution in [1.29, 1.82) is 0 Å². The first-order chi connectivity index (χ1) is 13.6. The van der Waals surface area contributed by atoms with E-state index in [0.717, 1.165) is 21.3 Å². The van der Waals surface area contributed by atoms with Crippen molar-refractivity contribution in [3.05, 3.63) is 92.9 Å². The molecule has 3 aromatic rings. The van der Waals surface area contributed by atoms with E-state index in [-0.39, 0.29) is 6.04 Å². The van der Waals surface area contributed by atoms with Crippen LogP contribution in [0.1, 0.15) is 29.7 Å². The molecule has 0 aliphatic rings. The van der Waals surface area contributed by atoms with Gasteiger partial charge in [0.25, 0.3) is 0 Å². The molecule has 5 heteroatoms. The Hall–Kier alpha value is -2.01. The predicted octanol–water partition coefficient (Wildman–Crippen LogP) is 6.54. The molecule has 1 unspecified atom stereocenters. The molecule has 0 bridgehead atoms. The maximum absolute atomic E-state index is 6.17. The van der Waals surface area contributed by atoms with E-state index in [0.29, 0.717) is 23.9 Å². The van der Waals surface area contributed by atoms with E-state index in [4.69, 9.17) is 21.1 Å². The molecule has 0 spiro atoms. The van der Waals surface area contributed by atoms with E-state index in [2.05, 4.69) is 52.4 Å². The van der Waals surface area contributed by atoms with Crippen LogP contribution in [0.2, 0.25) is 5.02 Å². The van der Waals surface area contributed by atoms with Crippen LogP contribution in [-0.4, -0.2) is 7.11 Å². The van der Waals surface area contributed by atoms with Gasteiger partial charge in [-0.25, -0.2) is 0 Å². The van der Waals surface area contributed by atoms with Gasteiger partial charge in [0, 0.05) is 27.6 Å². The number of ether oxygens (including phenoxy) is 2. The van der Waals surface area contributed by atoms with Crippen LogP contribution in [-0.2, 0) is 13.2 Å².